The fourth-order valence-corrected chi connectivity index (χ4v) is 4.04. The molecule has 5 aromatic rings. The fourth-order valence-electron chi connectivity index (χ4n) is 4.04. The van der Waals surface area contributed by atoms with Gasteiger partial charge in [-0.15, -0.1) is 0 Å². The van der Waals surface area contributed by atoms with Crippen LogP contribution >= 0.6 is 0 Å². The van der Waals surface area contributed by atoms with E-state index >= 15 is 0 Å². The van der Waals surface area contributed by atoms with Crippen LogP contribution in [0.1, 0.15) is 0 Å². The van der Waals surface area contributed by atoms with Crippen molar-refractivity contribution >= 4 is 10.9 Å². The molecule has 0 unspecified atom stereocenters. The van der Waals surface area contributed by atoms with E-state index in [1.165, 1.54) is 5.39 Å². The number of hydrogen-bond donors (Lipinski definition) is 1. The molecule has 2 heterocycles. The molecule has 1 atom stereocenters. The average Bonchev–Trinajstić information content (AvgIpc) is 3.39. The van der Waals surface area contributed by atoms with E-state index in [9.17, 15) is 5.11 Å². The minimum absolute atomic E-state index is 0.469. The predicted molar refractivity (Wildman–Crippen MR) is 121 cm³/mol. The van der Waals surface area contributed by atoms with E-state index in [2.05, 4.69) is 51.6 Å². The molecular formula is C26H23N3O. The van der Waals surface area contributed by atoms with E-state index < -0.39 is 6.10 Å². The Morgan fingerprint density at radius 2 is 1.33 bits per heavy atom. The van der Waals surface area contributed by atoms with Gasteiger partial charge in [0.1, 0.15) is 0 Å². The highest BCUT2D eigenvalue weighted by atomic mass is 16.3. The number of aromatic nitrogens is 3. The number of rotatable bonds is 6. The number of nitrogens with zero attached hydrogens (tertiary/aromatic N) is 3. The van der Waals surface area contributed by atoms with Gasteiger partial charge < -0.3 is 14.2 Å². The van der Waals surface area contributed by atoms with Gasteiger partial charge >= 0.3 is 0 Å². The van der Waals surface area contributed by atoms with Crippen molar-refractivity contribution in [2.45, 2.75) is 19.2 Å². The fraction of sp³-hybridized carbons (Fsp3) is 0.115. The van der Waals surface area contributed by atoms with Gasteiger partial charge in [-0.1, -0.05) is 78.9 Å². The molecule has 4 nitrogen and oxygen atoms in total. The molecule has 3 aromatic carbocycles. The molecule has 148 valence electrons. The van der Waals surface area contributed by atoms with Crippen molar-refractivity contribution in [1.29, 1.82) is 0 Å². The first kappa shape index (κ1) is 18.4. The number of para-hydroxylation sites is 1. The van der Waals surface area contributed by atoms with Gasteiger partial charge in [-0.25, -0.2) is 4.98 Å². The summed E-state index contributed by atoms with van der Waals surface area (Å²) in [6.45, 7) is 0.997. The lowest BCUT2D eigenvalue weighted by Gasteiger charge is -2.16. The summed E-state index contributed by atoms with van der Waals surface area (Å²) in [4.78, 5) is 4.71. The van der Waals surface area contributed by atoms with Crippen LogP contribution in [0, 0.1) is 0 Å². The number of hydrogen-bond acceptors (Lipinski definition) is 2. The Morgan fingerprint density at radius 3 is 2.10 bits per heavy atom. The molecule has 0 saturated heterocycles. The topological polar surface area (TPSA) is 43.0 Å². The highest BCUT2D eigenvalue weighted by Crippen LogP contribution is 2.31. The molecule has 5 rings (SSSR count). The Hall–Kier alpha value is -3.63. The largest absolute Gasteiger partial charge is 0.389 e. The number of imidazole rings is 1. The van der Waals surface area contributed by atoms with Crippen molar-refractivity contribution in [3.8, 4) is 22.5 Å². The lowest BCUT2D eigenvalue weighted by molar-refractivity contribution is 0.136. The summed E-state index contributed by atoms with van der Waals surface area (Å²) in [5.74, 6) is 0. The molecule has 2 aromatic heterocycles. The first-order valence-electron chi connectivity index (χ1n) is 10.2. The van der Waals surface area contributed by atoms with Crippen LogP contribution in [-0.2, 0) is 13.1 Å². The Labute approximate surface area is 175 Å². The maximum Gasteiger partial charge on any atom is 0.0963 e. The zero-order chi connectivity index (χ0) is 20.3. The van der Waals surface area contributed by atoms with Gasteiger partial charge in [0.15, 0.2) is 0 Å². The van der Waals surface area contributed by atoms with Crippen LogP contribution in [0.5, 0.6) is 0 Å². The molecule has 0 bridgehead atoms. The van der Waals surface area contributed by atoms with Gasteiger partial charge in [-0.05, 0) is 17.5 Å². The number of fused-ring (bicyclic) bond motifs is 1. The van der Waals surface area contributed by atoms with Crippen molar-refractivity contribution in [2.24, 2.45) is 0 Å². The molecule has 0 aliphatic rings. The first-order valence-corrected chi connectivity index (χ1v) is 10.2. The molecule has 0 fully saturated rings. The summed E-state index contributed by atoms with van der Waals surface area (Å²) in [7, 11) is 0. The summed E-state index contributed by atoms with van der Waals surface area (Å²) in [5.41, 5.74) is 5.25. The molecule has 0 spiro atoms. The number of benzene rings is 3. The quantitative estimate of drug-likeness (QED) is 0.429. The van der Waals surface area contributed by atoms with Crippen molar-refractivity contribution in [3.05, 3.63) is 104 Å². The molecule has 0 aliphatic carbocycles. The molecule has 0 radical (unpaired) electrons. The minimum Gasteiger partial charge on any atom is -0.389 e. The molecule has 0 amide bonds. The van der Waals surface area contributed by atoms with Crippen molar-refractivity contribution in [3.63, 3.8) is 0 Å². The third-order valence-electron chi connectivity index (χ3n) is 5.43. The van der Waals surface area contributed by atoms with Gasteiger partial charge in [0.2, 0.25) is 0 Å². The molecule has 4 heteroatoms. The van der Waals surface area contributed by atoms with Gasteiger partial charge in [0.05, 0.1) is 36.9 Å². The van der Waals surface area contributed by atoms with Crippen LogP contribution in [-0.4, -0.2) is 25.3 Å². The summed E-state index contributed by atoms with van der Waals surface area (Å²) in [6.07, 6.45) is 3.33. The van der Waals surface area contributed by atoms with Crippen LogP contribution in [0.2, 0.25) is 0 Å². The van der Waals surface area contributed by atoms with E-state index in [0.717, 1.165) is 28.0 Å². The Kier molecular flexibility index (Phi) is 4.91. The van der Waals surface area contributed by atoms with Gasteiger partial charge in [-0.3, -0.25) is 0 Å². The maximum atomic E-state index is 10.9. The Balaban J connectivity index is 1.47. The van der Waals surface area contributed by atoms with E-state index in [4.69, 9.17) is 4.98 Å². The lowest BCUT2D eigenvalue weighted by Crippen LogP contribution is -2.22. The second-order valence-electron chi connectivity index (χ2n) is 7.51. The Morgan fingerprint density at radius 1 is 0.700 bits per heavy atom. The van der Waals surface area contributed by atoms with Crippen molar-refractivity contribution in [2.75, 3.05) is 0 Å². The van der Waals surface area contributed by atoms with Gasteiger partial charge in [-0.2, -0.15) is 0 Å². The molecule has 30 heavy (non-hydrogen) atoms. The smallest absolute Gasteiger partial charge is 0.0963 e. The Bertz CT molecular complexity index is 1260. The monoisotopic (exact) mass is 393 g/mol. The SMILES string of the molecule is O[C@@H](Cn1cnc(-c2ccccc2)c1-c1ccccc1)Cn1ccc2ccccc21. The van der Waals surface area contributed by atoms with Crippen LogP contribution in [0.4, 0.5) is 0 Å². The van der Waals surface area contributed by atoms with Crippen LogP contribution in [0.3, 0.4) is 0 Å². The second-order valence-corrected chi connectivity index (χ2v) is 7.51. The summed E-state index contributed by atoms with van der Waals surface area (Å²) in [6, 6.07) is 30.8. The zero-order valence-electron chi connectivity index (χ0n) is 16.6. The van der Waals surface area contributed by atoms with Gasteiger partial charge in [0, 0.05) is 22.8 Å². The first-order chi connectivity index (χ1) is 14.8. The zero-order valence-corrected chi connectivity index (χ0v) is 16.6. The number of aliphatic hydroxyl groups excluding tert-OH is 1. The van der Waals surface area contributed by atoms with Gasteiger partial charge in [0.25, 0.3) is 0 Å². The van der Waals surface area contributed by atoms with Crippen LogP contribution in [0.25, 0.3) is 33.4 Å². The molecule has 0 aliphatic heterocycles. The third-order valence-corrected chi connectivity index (χ3v) is 5.43. The lowest BCUT2D eigenvalue weighted by atomic mass is 10.0. The average molecular weight is 393 g/mol. The molecule has 0 saturated carbocycles. The highest BCUT2D eigenvalue weighted by Gasteiger charge is 2.17. The minimum atomic E-state index is -0.541. The third kappa shape index (κ3) is 3.53. The second kappa shape index (κ2) is 8.01. The highest BCUT2D eigenvalue weighted by molar-refractivity contribution is 5.80. The maximum absolute atomic E-state index is 10.9. The molecule has 1 N–H and O–H groups in total. The molecular weight excluding hydrogens is 370 g/mol. The summed E-state index contributed by atoms with van der Waals surface area (Å²) in [5, 5.41) is 12.1. The van der Waals surface area contributed by atoms with Crippen LogP contribution in [0.15, 0.2) is 104 Å². The summed E-state index contributed by atoms with van der Waals surface area (Å²) >= 11 is 0. The number of aliphatic hydroxyl groups is 1. The van der Waals surface area contributed by atoms with Crippen molar-refractivity contribution in [1.82, 2.24) is 14.1 Å². The summed E-state index contributed by atoms with van der Waals surface area (Å²) < 4.78 is 4.17. The van der Waals surface area contributed by atoms with E-state index in [1.54, 1.807) is 0 Å². The normalized spacial score (nSPS) is 12.3. The van der Waals surface area contributed by atoms with E-state index in [1.807, 2.05) is 61.1 Å². The van der Waals surface area contributed by atoms with E-state index in [0.29, 0.717) is 13.1 Å². The predicted octanol–water partition coefficient (Wildman–Crippen LogP) is 5.23. The van der Waals surface area contributed by atoms with E-state index in [-0.39, 0.29) is 0 Å². The van der Waals surface area contributed by atoms with Crippen molar-refractivity contribution < 1.29 is 5.11 Å². The standard InChI is InChI=1S/C26H23N3O/c30-23(17-28-16-15-20-9-7-8-14-24(20)28)18-29-19-27-25(21-10-3-1-4-11-21)26(29)22-12-5-2-6-13-22/h1-16,19,23,30H,17-18H2/t23-/m1/s1. The van der Waals surface area contributed by atoms with Crippen LogP contribution < -0.4 is 0 Å².